The average Bonchev–Trinajstić information content (AvgIpc) is 3.02. The lowest BCUT2D eigenvalue weighted by atomic mass is 9.98. The van der Waals surface area contributed by atoms with Gasteiger partial charge in [-0.1, -0.05) is 48.5 Å². The van der Waals surface area contributed by atoms with E-state index in [4.69, 9.17) is 15.2 Å². The Balaban J connectivity index is 1.60. The first-order valence-electron chi connectivity index (χ1n) is 9.24. The van der Waals surface area contributed by atoms with Crippen molar-refractivity contribution in [3.8, 4) is 11.1 Å². The number of nitrogens with two attached hydrogens (primary N) is 1. The van der Waals surface area contributed by atoms with Gasteiger partial charge in [-0.2, -0.15) is 0 Å². The number of nitrogens with one attached hydrogen (secondary N) is 1. The van der Waals surface area contributed by atoms with Crippen LogP contribution in [0.25, 0.3) is 11.1 Å². The molecule has 0 radical (unpaired) electrons. The van der Waals surface area contributed by atoms with Gasteiger partial charge in [-0.3, -0.25) is 0 Å². The van der Waals surface area contributed by atoms with E-state index < -0.39 is 18.1 Å². The molecule has 7 heteroatoms. The van der Waals surface area contributed by atoms with Gasteiger partial charge in [-0.05, 0) is 22.3 Å². The van der Waals surface area contributed by atoms with Crippen LogP contribution < -0.4 is 11.1 Å². The summed E-state index contributed by atoms with van der Waals surface area (Å²) in [5.74, 6) is -1.21. The van der Waals surface area contributed by atoms with Crippen LogP contribution in [0.3, 0.4) is 0 Å². The van der Waals surface area contributed by atoms with E-state index in [0.29, 0.717) is 13.2 Å². The molecular formula is C21H24N2O5. The number of ether oxygens (including phenoxy) is 2. The zero-order valence-corrected chi connectivity index (χ0v) is 15.5. The number of benzene rings is 2. The van der Waals surface area contributed by atoms with E-state index in [9.17, 15) is 14.7 Å². The lowest BCUT2D eigenvalue weighted by Gasteiger charge is -2.17. The predicted molar refractivity (Wildman–Crippen MR) is 104 cm³/mol. The van der Waals surface area contributed by atoms with Gasteiger partial charge >= 0.3 is 12.1 Å². The molecule has 0 fully saturated rings. The summed E-state index contributed by atoms with van der Waals surface area (Å²) in [5, 5.41) is 11.7. The monoisotopic (exact) mass is 384 g/mol. The number of fused-ring (bicyclic) bond motifs is 3. The van der Waals surface area contributed by atoms with Crippen LogP contribution in [0.15, 0.2) is 48.5 Å². The van der Waals surface area contributed by atoms with Crippen molar-refractivity contribution in [3.05, 3.63) is 59.7 Å². The number of carboxylic acids is 1. The van der Waals surface area contributed by atoms with E-state index in [1.165, 1.54) is 0 Å². The van der Waals surface area contributed by atoms with Crippen molar-refractivity contribution in [2.45, 2.75) is 18.4 Å². The number of carboxylic acid groups (broad SMARTS) is 1. The van der Waals surface area contributed by atoms with Gasteiger partial charge in [0.2, 0.25) is 0 Å². The van der Waals surface area contributed by atoms with E-state index in [2.05, 4.69) is 17.4 Å². The number of carbonyl (C=O) groups is 2. The van der Waals surface area contributed by atoms with Crippen molar-refractivity contribution in [1.82, 2.24) is 5.32 Å². The molecule has 1 amide bonds. The van der Waals surface area contributed by atoms with Gasteiger partial charge in [0.25, 0.3) is 0 Å². The molecule has 1 atom stereocenters. The highest BCUT2D eigenvalue weighted by atomic mass is 16.5. The summed E-state index contributed by atoms with van der Waals surface area (Å²) in [6.45, 7) is 1.03. The zero-order chi connectivity index (χ0) is 19.9. The second-order valence-corrected chi connectivity index (χ2v) is 6.55. The lowest BCUT2D eigenvalue weighted by Crippen LogP contribution is -2.42. The molecule has 1 unspecified atom stereocenters. The minimum absolute atomic E-state index is 0.0747. The van der Waals surface area contributed by atoms with Crippen LogP contribution in [0.5, 0.6) is 0 Å². The fourth-order valence-electron chi connectivity index (χ4n) is 3.43. The smallest absolute Gasteiger partial charge is 0.407 e. The molecule has 1 aliphatic rings. The average molecular weight is 384 g/mol. The van der Waals surface area contributed by atoms with Gasteiger partial charge in [0, 0.05) is 25.5 Å². The van der Waals surface area contributed by atoms with Gasteiger partial charge in [-0.25, -0.2) is 9.59 Å². The molecule has 4 N–H and O–H groups in total. The Kier molecular flexibility index (Phi) is 6.62. The molecule has 0 saturated carbocycles. The Morgan fingerprint density at radius 1 is 1.04 bits per heavy atom. The maximum Gasteiger partial charge on any atom is 0.407 e. The molecule has 2 aromatic rings. The van der Waals surface area contributed by atoms with Gasteiger partial charge in [0.1, 0.15) is 12.6 Å². The molecule has 0 heterocycles. The Morgan fingerprint density at radius 2 is 1.64 bits per heavy atom. The second-order valence-electron chi connectivity index (χ2n) is 6.55. The van der Waals surface area contributed by atoms with Crippen molar-refractivity contribution >= 4 is 12.1 Å². The normalized spacial score (nSPS) is 13.5. The van der Waals surface area contributed by atoms with Crippen molar-refractivity contribution in [2.75, 3.05) is 26.4 Å². The SMILES string of the molecule is NCCOCCC(NC(=O)OCC1c2ccccc2-c2ccccc21)C(=O)O. The van der Waals surface area contributed by atoms with Crippen molar-refractivity contribution in [3.63, 3.8) is 0 Å². The van der Waals surface area contributed by atoms with Crippen LogP contribution >= 0.6 is 0 Å². The zero-order valence-electron chi connectivity index (χ0n) is 15.5. The van der Waals surface area contributed by atoms with E-state index in [1.807, 2.05) is 36.4 Å². The number of amides is 1. The van der Waals surface area contributed by atoms with Crippen molar-refractivity contribution in [1.29, 1.82) is 0 Å². The fourth-order valence-corrected chi connectivity index (χ4v) is 3.43. The summed E-state index contributed by atoms with van der Waals surface area (Å²) in [6, 6.07) is 15.0. The van der Waals surface area contributed by atoms with Crippen molar-refractivity contribution < 1.29 is 24.2 Å². The molecule has 0 spiro atoms. The molecule has 148 valence electrons. The third-order valence-corrected chi connectivity index (χ3v) is 4.75. The molecule has 0 aliphatic heterocycles. The standard InChI is InChI=1S/C21H24N2O5/c22-10-12-27-11-9-19(20(24)25)23-21(26)28-13-18-16-7-3-1-5-14(16)15-6-2-4-8-17(15)18/h1-8,18-19H,9-13,22H2,(H,23,26)(H,24,25). The molecule has 0 aromatic heterocycles. The lowest BCUT2D eigenvalue weighted by molar-refractivity contribution is -0.139. The molecule has 0 bridgehead atoms. The maximum atomic E-state index is 12.2. The number of hydrogen-bond donors (Lipinski definition) is 3. The molecule has 1 aliphatic carbocycles. The first kappa shape index (κ1) is 19.9. The van der Waals surface area contributed by atoms with Gasteiger partial charge in [0.15, 0.2) is 0 Å². The Labute approximate surface area is 163 Å². The van der Waals surface area contributed by atoms with E-state index in [1.54, 1.807) is 0 Å². The van der Waals surface area contributed by atoms with E-state index in [-0.39, 0.29) is 25.6 Å². The van der Waals surface area contributed by atoms with Crippen LogP contribution in [0.1, 0.15) is 23.5 Å². The highest BCUT2D eigenvalue weighted by molar-refractivity contribution is 5.81. The number of rotatable bonds is 9. The summed E-state index contributed by atoms with van der Waals surface area (Å²) in [5.41, 5.74) is 9.78. The largest absolute Gasteiger partial charge is 0.480 e. The maximum absolute atomic E-state index is 12.2. The minimum atomic E-state index is -1.13. The van der Waals surface area contributed by atoms with E-state index >= 15 is 0 Å². The van der Waals surface area contributed by atoms with E-state index in [0.717, 1.165) is 22.3 Å². The molecule has 7 nitrogen and oxygen atoms in total. The van der Waals surface area contributed by atoms with Crippen LogP contribution in [-0.2, 0) is 14.3 Å². The van der Waals surface area contributed by atoms with Crippen LogP contribution in [-0.4, -0.2) is 49.6 Å². The van der Waals surface area contributed by atoms with Gasteiger partial charge < -0.3 is 25.6 Å². The number of hydrogen-bond acceptors (Lipinski definition) is 5. The third kappa shape index (κ3) is 4.49. The summed E-state index contributed by atoms with van der Waals surface area (Å²) >= 11 is 0. The van der Waals surface area contributed by atoms with Crippen LogP contribution in [0.4, 0.5) is 4.79 Å². The second kappa shape index (κ2) is 9.34. The Hall–Kier alpha value is -2.90. The van der Waals surface area contributed by atoms with Crippen molar-refractivity contribution in [2.24, 2.45) is 5.73 Å². The molecular weight excluding hydrogens is 360 g/mol. The summed E-state index contributed by atoms with van der Waals surface area (Å²) in [4.78, 5) is 23.5. The number of carbonyl (C=O) groups excluding carboxylic acids is 1. The summed E-state index contributed by atoms with van der Waals surface area (Å²) in [6.07, 6.45) is -0.618. The highest BCUT2D eigenvalue weighted by Gasteiger charge is 2.29. The highest BCUT2D eigenvalue weighted by Crippen LogP contribution is 2.44. The first-order chi connectivity index (χ1) is 13.6. The molecule has 3 rings (SSSR count). The van der Waals surface area contributed by atoms with Crippen LogP contribution in [0, 0.1) is 0 Å². The quantitative estimate of drug-likeness (QED) is 0.572. The number of aliphatic carboxylic acids is 1. The molecule has 0 saturated heterocycles. The van der Waals surface area contributed by atoms with Crippen LogP contribution in [0.2, 0.25) is 0 Å². The molecule has 2 aromatic carbocycles. The summed E-state index contributed by atoms with van der Waals surface area (Å²) < 4.78 is 10.6. The number of alkyl carbamates (subject to hydrolysis) is 1. The Bertz CT molecular complexity index is 794. The topological polar surface area (TPSA) is 111 Å². The summed E-state index contributed by atoms with van der Waals surface area (Å²) in [7, 11) is 0. The molecule has 28 heavy (non-hydrogen) atoms. The minimum Gasteiger partial charge on any atom is -0.480 e. The Morgan fingerprint density at radius 3 is 2.21 bits per heavy atom. The third-order valence-electron chi connectivity index (χ3n) is 4.75. The predicted octanol–water partition coefficient (Wildman–Crippen LogP) is 2.34. The first-order valence-corrected chi connectivity index (χ1v) is 9.24. The van der Waals surface area contributed by atoms with Gasteiger partial charge in [-0.15, -0.1) is 0 Å². The van der Waals surface area contributed by atoms with Gasteiger partial charge in [0.05, 0.1) is 6.61 Å². The fraction of sp³-hybridized carbons (Fsp3) is 0.333.